The lowest BCUT2D eigenvalue weighted by molar-refractivity contribution is -0.138. The van der Waals surface area contributed by atoms with Crippen LogP contribution in [0.25, 0.3) is 15.7 Å². The van der Waals surface area contributed by atoms with Gasteiger partial charge in [0.2, 0.25) is 0 Å². The Kier molecular flexibility index (Phi) is 10.8. The zero-order chi connectivity index (χ0) is 39.0. The standard InChI is InChI=1S/C42H50N6O7S/c1-5-53-40(50)36-35(32-22-25-14-18-44-39(38(25)56-32)46-28-13-12-27-26(28)8-6-17-43-27)34(31-23-33(49)47-55-31)29(11-10-24-15-20-52-21-16-24)45-37(36)30-9-7-19-48(30)41(51)54-42(2,3)4/h6,8,14,17-18,22-24,28,30,35,45H,5,7,9-13,15-16,19-21H2,1-4H3,(H,44,46)(H,47,49)/t28-,30+,35?/m1/s1. The number of nitrogens with one attached hydrogen (secondary N) is 3. The monoisotopic (exact) mass is 782 g/mol. The van der Waals surface area contributed by atoms with Crippen LogP contribution in [0.1, 0.15) is 106 Å². The third-order valence-corrected chi connectivity index (χ3v) is 12.4. The van der Waals surface area contributed by atoms with Crippen molar-refractivity contribution in [1.29, 1.82) is 0 Å². The number of hydrogen-bond acceptors (Lipinski definition) is 12. The molecule has 3 aliphatic heterocycles. The number of ether oxygens (including phenoxy) is 3. The van der Waals surface area contributed by atoms with Gasteiger partial charge in [0.05, 0.1) is 40.9 Å². The summed E-state index contributed by atoms with van der Waals surface area (Å²) in [4.78, 5) is 53.1. The molecule has 0 saturated carbocycles. The van der Waals surface area contributed by atoms with Crippen molar-refractivity contribution < 1.29 is 28.3 Å². The fourth-order valence-corrected chi connectivity index (χ4v) is 9.83. The number of thiophene rings is 1. The van der Waals surface area contributed by atoms with E-state index in [9.17, 15) is 14.4 Å². The molecule has 1 amide bonds. The second-order valence-corrected chi connectivity index (χ2v) is 17.1. The molecule has 1 unspecified atom stereocenters. The van der Waals surface area contributed by atoms with E-state index < -0.39 is 29.6 Å². The van der Waals surface area contributed by atoms with Crippen molar-refractivity contribution in [2.75, 3.05) is 31.7 Å². The number of H-pyrrole nitrogens is 1. The number of nitrogens with zero attached hydrogens (tertiary/aromatic N) is 3. The number of anilines is 1. The summed E-state index contributed by atoms with van der Waals surface area (Å²) < 4.78 is 24.3. The van der Waals surface area contributed by atoms with Crippen molar-refractivity contribution in [1.82, 2.24) is 25.3 Å². The summed E-state index contributed by atoms with van der Waals surface area (Å²) in [6.45, 7) is 9.42. The van der Waals surface area contributed by atoms with Gasteiger partial charge in [-0.25, -0.2) is 14.6 Å². The predicted octanol–water partition coefficient (Wildman–Crippen LogP) is 7.59. The average Bonchev–Trinajstić information content (AvgIpc) is 4.00. The van der Waals surface area contributed by atoms with E-state index >= 15 is 0 Å². The molecule has 0 radical (unpaired) electrons. The number of allylic oxidation sites excluding steroid dienone is 2. The first-order valence-corrected chi connectivity index (χ1v) is 20.7. The van der Waals surface area contributed by atoms with E-state index in [1.54, 1.807) is 29.4 Å². The number of hydrogen-bond donors (Lipinski definition) is 3. The number of aromatic nitrogens is 3. The van der Waals surface area contributed by atoms with E-state index in [4.69, 9.17) is 23.7 Å². The Morgan fingerprint density at radius 2 is 1.93 bits per heavy atom. The minimum atomic E-state index is -0.702. The number of aromatic amines is 1. The molecule has 14 heteroatoms. The molecular formula is C42H50N6O7S. The Bertz CT molecular complexity index is 2220. The molecule has 4 aromatic heterocycles. The number of dihydropyridines is 1. The maximum atomic E-state index is 14.6. The van der Waals surface area contributed by atoms with Crippen molar-refractivity contribution in [3.05, 3.63) is 91.9 Å². The molecule has 2 saturated heterocycles. The third-order valence-electron chi connectivity index (χ3n) is 11.1. The normalized spacial score (nSPS) is 21.7. The van der Waals surface area contributed by atoms with E-state index in [0.29, 0.717) is 47.9 Å². The SMILES string of the molecule is CCOC(=O)C1=C([C@@H]2CCCN2C(=O)OC(C)(C)C)NC(CCC2CCOCC2)=C(c2cc(=O)[nH]o2)C1c1cc2ccnc(N[C@@H]3CCc4ncccc43)c2s1. The van der Waals surface area contributed by atoms with Gasteiger partial charge in [-0.15, -0.1) is 11.3 Å². The van der Waals surface area contributed by atoms with Crippen LogP contribution >= 0.6 is 11.3 Å². The van der Waals surface area contributed by atoms with Crippen LogP contribution in [-0.4, -0.2) is 70.1 Å². The molecule has 3 atom stereocenters. The molecule has 1 aliphatic carbocycles. The van der Waals surface area contributed by atoms with Gasteiger partial charge in [0.25, 0.3) is 5.56 Å². The first-order valence-electron chi connectivity index (χ1n) is 19.8. The fraction of sp³-hybridized carbons (Fsp3) is 0.500. The van der Waals surface area contributed by atoms with E-state index in [-0.39, 0.29) is 18.2 Å². The molecule has 4 aromatic rings. The Hall–Kier alpha value is -4.95. The molecule has 56 heavy (non-hydrogen) atoms. The van der Waals surface area contributed by atoms with Crippen molar-refractivity contribution >= 4 is 44.9 Å². The van der Waals surface area contributed by atoms with Gasteiger partial charge >= 0.3 is 12.1 Å². The Morgan fingerprint density at radius 1 is 1.09 bits per heavy atom. The van der Waals surface area contributed by atoms with Crippen LogP contribution in [0.3, 0.4) is 0 Å². The molecule has 7 heterocycles. The summed E-state index contributed by atoms with van der Waals surface area (Å²) in [5.74, 6) is 0.339. The third kappa shape index (κ3) is 7.73. The number of esters is 1. The molecule has 4 aliphatic rings. The highest BCUT2D eigenvalue weighted by Crippen LogP contribution is 2.50. The highest BCUT2D eigenvalue weighted by Gasteiger charge is 2.45. The van der Waals surface area contributed by atoms with Crippen LogP contribution in [0.15, 0.2) is 69.0 Å². The Morgan fingerprint density at radius 3 is 2.70 bits per heavy atom. The summed E-state index contributed by atoms with van der Waals surface area (Å²) in [5.41, 5.74) is 3.71. The fourth-order valence-electron chi connectivity index (χ4n) is 8.61. The van der Waals surface area contributed by atoms with E-state index in [1.165, 1.54) is 11.6 Å². The second-order valence-electron chi connectivity index (χ2n) is 16.0. The number of carbonyl (C=O) groups is 2. The summed E-state index contributed by atoms with van der Waals surface area (Å²) >= 11 is 1.55. The minimum Gasteiger partial charge on any atom is -0.463 e. The molecule has 0 bridgehead atoms. The summed E-state index contributed by atoms with van der Waals surface area (Å²) in [6, 6.07) is 9.20. The largest absolute Gasteiger partial charge is 0.463 e. The minimum absolute atomic E-state index is 0.0606. The van der Waals surface area contributed by atoms with Crippen LogP contribution in [0.4, 0.5) is 10.6 Å². The maximum absolute atomic E-state index is 14.6. The molecule has 3 N–H and O–H groups in total. The lowest BCUT2D eigenvalue weighted by Crippen LogP contribution is -2.45. The smallest absolute Gasteiger partial charge is 0.410 e. The summed E-state index contributed by atoms with van der Waals surface area (Å²) in [5, 5.41) is 10.9. The van der Waals surface area contributed by atoms with Gasteiger partial charge in [0, 0.05) is 59.7 Å². The van der Waals surface area contributed by atoms with E-state index in [1.807, 2.05) is 39.1 Å². The molecule has 296 valence electrons. The van der Waals surface area contributed by atoms with Gasteiger partial charge in [-0.05, 0) is 114 Å². The molecule has 0 aromatic carbocycles. The van der Waals surface area contributed by atoms with Crippen molar-refractivity contribution in [2.24, 2.45) is 5.92 Å². The quantitative estimate of drug-likeness (QED) is 0.136. The van der Waals surface area contributed by atoms with Crippen LogP contribution in [0.2, 0.25) is 0 Å². The summed E-state index contributed by atoms with van der Waals surface area (Å²) in [6.07, 6.45) is 9.75. The first-order chi connectivity index (χ1) is 27.1. The maximum Gasteiger partial charge on any atom is 0.410 e. The highest BCUT2D eigenvalue weighted by atomic mass is 32.1. The first kappa shape index (κ1) is 37.9. The van der Waals surface area contributed by atoms with Gasteiger partial charge in [-0.2, -0.15) is 5.16 Å². The van der Waals surface area contributed by atoms with Crippen LogP contribution < -0.4 is 16.2 Å². The van der Waals surface area contributed by atoms with Crippen LogP contribution in [0.5, 0.6) is 0 Å². The number of aryl methyl sites for hydroxylation is 1. The van der Waals surface area contributed by atoms with E-state index in [2.05, 4.69) is 32.9 Å². The Labute approximate surface area is 329 Å². The topological polar surface area (TPSA) is 161 Å². The van der Waals surface area contributed by atoms with Gasteiger partial charge in [-0.3, -0.25) is 14.7 Å². The Balaban J connectivity index is 1.29. The molecule has 8 rings (SSSR count). The van der Waals surface area contributed by atoms with Crippen molar-refractivity contribution in [3.63, 3.8) is 0 Å². The zero-order valence-electron chi connectivity index (χ0n) is 32.4. The zero-order valence-corrected chi connectivity index (χ0v) is 33.3. The molecule has 2 fully saturated rings. The summed E-state index contributed by atoms with van der Waals surface area (Å²) in [7, 11) is 0. The lowest BCUT2D eigenvalue weighted by Gasteiger charge is -2.37. The molecular weight excluding hydrogens is 733 g/mol. The van der Waals surface area contributed by atoms with Crippen molar-refractivity contribution in [2.45, 2.75) is 103 Å². The number of amides is 1. The lowest BCUT2D eigenvalue weighted by atomic mass is 9.79. The highest BCUT2D eigenvalue weighted by molar-refractivity contribution is 7.19. The van der Waals surface area contributed by atoms with E-state index in [0.717, 1.165) is 83.9 Å². The van der Waals surface area contributed by atoms with Gasteiger partial charge in [-0.1, -0.05) is 6.07 Å². The van der Waals surface area contributed by atoms with Gasteiger partial charge in [0.15, 0.2) is 5.76 Å². The van der Waals surface area contributed by atoms with Crippen LogP contribution in [-0.2, 0) is 25.4 Å². The van der Waals surface area contributed by atoms with Crippen molar-refractivity contribution in [3.8, 4) is 0 Å². The molecule has 0 spiro atoms. The number of likely N-dealkylation sites (tertiary alicyclic amines) is 1. The number of carbonyl (C=O) groups excluding carboxylic acids is 2. The number of rotatable bonds is 10. The average molecular weight is 783 g/mol. The second kappa shape index (κ2) is 15.9. The number of fused-ring (bicyclic) bond motifs is 2. The molecule has 13 nitrogen and oxygen atoms in total. The van der Waals surface area contributed by atoms with Crippen LogP contribution in [0, 0.1) is 5.92 Å². The number of pyridine rings is 2. The predicted molar refractivity (Wildman–Crippen MR) is 213 cm³/mol. The van der Waals surface area contributed by atoms with Gasteiger partial charge in [0.1, 0.15) is 11.4 Å². The van der Waals surface area contributed by atoms with Gasteiger partial charge < -0.3 is 29.4 Å².